The summed E-state index contributed by atoms with van der Waals surface area (Å²) in [5, 5.41) is 8.81. The second-order valence-electron chi connectivity index (χ2n) is 9.01. The molecule has 0 bridgehead atoms. The molecule has 0 spiro atoms. The molecule has 5 aromatic carbocycles. The molecule has 2 heterocycles. The molecule has 7 aromatic rings. The second-order valence-corrected chi connectivity index (χ2v) is 9.01. The van der Waals surface area contributed by atoms with Crippen molar-refractivity contribution in [3.63, 3.8) is 0 Å². The molecule has 156 valence electrons. The average molecular weight is 423 g/mol. The lowest BCUT2D eigenvalue weighted by Crippen LogP contribution is -1.91. The first-order valence-corrected chi connectivity index (χ1v) is 11.4. The van der Waals surface area contributed by atoms with Gasteiger partial charge < -0.3 is 0 Å². The minimum atomic E-state index is 1.01. The quantitative estimate of drug-likeness (QED) is 0.192. The van der Waals surface area contributed by atoms with Crippen LogP contribution in [0.3, 0.4) is 0 Å². The number of rotatable bonds is 1. The third-order valence-electron chi connectivity index (χ3n) is 7.00. The molecule has 2 aromatic heterocycles. The topological polar surface area (TPSA) is 17.3 Å². The maximum Gasteiger partial charge on any atom is 0.145 e. The van der Waals surface area contributed by atoms with Crippen molar-refractivity contribution in [1.29, 1.82) is 0 Å². The van der Waals surface area contributed by atoms with Gasteiger partial charge in [-0.15, -0.1) is 0 Å². The molecule has 0 amide bonds. The molecule has 33 heavy (non-hydrogen) atoms. The molecule has 7 rings (SSSR count). The van der Waals surface area contributed by atoms with Gasteiger partial charge in [0.1, 0.15) is 5.65 Å². The van der Waals surface area contributed by atoms with Crippen LogP contribution in [-0.2, 0) is 0 Å². The first kappa shape index (κ1) is 18.4. The first-order chi connectivity index (χ1) is 16.2. The molecule has 0 saturated heterocycles. The van der Waals surface area contributed by atoms with Crippen LogP contribution in [0, 0.1) is 13.8 Å². The number of hydrogen-bond donors (Lipinski definition) is 0. The standard InChI is InChI=1S/C31H22N2/c1-19-8-7-9-20(2)29(19)27-18-33-28-15-14-23-16-21-10-3-4-11-22(21)17-26(23)30(28)24-12-5-6-13-25(24)31(33)32-27/h3-18H,1-2H3. The van der Waals surface area contributed by atoms with Crippen LogP contribution >= 0.6 is 0 Å². The van der Waals surface area contributed by atoms with E-state index in [1.807, 2.05) is 0 Å². The van der Waals surface area contributed by atoms with Gasteiger partial charge in [0.25, 0.3) is 0 Å². The SMILES string of the molecule is Cc1cccc(C)c1-c1cn2c3ccc4cc5ccccc5cc4c3c3ccccc3c2n1. The van der Waals surface area contributed by atoms with Crippen LogP contribution in [0.15, 0.2) is 97.2 Å². The smallest absolute Gasteiger partial charge is 0.145 e. The molecule has 0 N–H and O–H groups in total. The van der Waals surface area contributed by atoms with E-state index in [-0.39, 0.29) is 0 Å². The molecule has 2 heteroatoms. The third-order valence-corrected chi connectivity index (χ3v) is 7.00. The molecule has 0 atom stereocenters. The molecule has 0 radical (unpaired) electrons. The zero-order valence-corrected chi connectivity index (χ0v) is 18.6. The lowest BCUT2D eigenvalue weighted by molar-refractivity contribution is 1.27. The number of benzene rings is 5. The zero-order chi connectivity index (χ0) is 22.1. The maximum absolute atomic E-state index is 5.18. The van der Waals surface area contributed by atoms with Gasteiger partial charge >= 0.3 is 0 Å². The summed E-state index contributed by atoms with van der Waals surface area (Å²) in [5.74, 6) is 0. The van der Waals surface area contributed by atoms with E-state index >= 15 is 0 Å². The lowest BCUT2D eigenvalue weighted by atomic mass is 9.97. The number of pyridine rings is 1. The fourth-order valence-electron chi connectivity index (χ4n) is 5.48. The van der Waals surface area contributed by atoms with Crippen molar-refractivity contribution >= 4 is 48.9 Å². The van der Waals surface area contributed by atoms with Gasteiger partial charge in [0, 0.05) is 22.5 Å². The Labute approximate surface area is 191 Å². The third kappa shape index (κ3) is 2.58. The molecular formula is C31H22N2. The van der Waals surface area contributed by atoms with Crippen LogP contribution in [0.1, 0.15) is 11.1 Å². The Bertz CT molecular complexity index is 1870. The van der Waals surface area contributed by atoms with E-state index in [2.05, 4.69) is 115 Å². The van der Waals surface area contributed by atoms with Crippen LogP contribution < -0.4 is 0 Å². The van der Waals surface area contributed by atoms with Gasteiger partial charge in [0.15, 0.2) is 0 Å². The highest BCUT2D eigenvalue weighted by molar-refractivity contribution is 6.23. The van der Waals surface area contributed by atoms with E-state index < -0.39 is 0 Å². The van der Waals surface area contributed by atoms with Crippen LogP contribution in [0.4, 0.5) is 0 Å². The number of nitrogens with zero attached hydrogens (tertiary/aromatic N) is 2. The minimum absolute atomic E-state index is 1.01. The minimum Gasteiger partial charge on any atom is -0.298 e. The first-order valence-electron chi connectivity index (χ1n) is 11.4. The van der Waals surface area contributed by atoms with Crippen molar-refractivity contribution in [2.45, 2.75) is 13.8 Å². The second kappa shape index (κ2) is 6.66. The van der Waals surface area contributed by atoms with Gasteiger partial charge in [0.2, 0.25) is 0 Å². The zero-order valence-electron chi connectivity index (χ0n) is 18.6. The Balaban J connectivity index is 1.69. The predicted molar refractivity (Wildman–Crippen MR) is 140 cm³/mol. The van der Waals surface area contributed by atoms with E-state index in [1.165, 1.54) is 59.9 Å². The Hall–Kier alpha value is -4.17. The van der Waals surface area contributed by atoms with Gasteiger partial charge in [-0.1, -0.05) is 72.8 Å². The van der Waals surface area contributed by atoms with Crippen molar-refractivity contribution < 1.29 is 0 Å². The van der Waals surface area contributed by atoms with E-state index in [0.717, 1.165) is 11.3 Å². The monoisotopic (exact) mass is 422 g/mol. The number of imidazole rings is 1. The van der Waals surface area contributed by atoms with Gasteiger partial charge in [-0.2, -0.15) is 0 Å². The van der Waals surface area contributed by atoms with Crippen molar-refractivity contribution in [3.8, 4) is 11.3 Å². The van der Waals surface area contributed by atoms with Crippen molar-refractivity contribution in [2.24, 2.45) is 0 Å². The van der Waals surface area contributed by atoms with E-state index in [9.17, 15) is 0 Å². The molecular weight excluding hydrogens is 400 g/mol. The van der Waals surface area contributed by atoms with E-state index in [0.29, 0.717) is 0 Å². The van der Waals surface area contributed by atoms with Crippen molar-refractivity contribution in [1.82, 2.24) is 9.38 Å². The molecule has 0 aliphatic carbocycles. The summed E-state index contributed by atoms with van der Waals surface area (Å²) in [6.45, 7) is 4.34. The van der Waals surface area contributed by atoms with Gasteiger partial charge in [-0.3, -0.25) is 4.40 Å². The molecule has 0 aliphatic heterocycles. The Morgan fingerprint density at radius 2 is 1.30 bits per heavy atom. The van der Waals surface area contributed by atoms with Crippen LogP contribution in [0.25, 0.3) is 60.1 Å². The molecule has 0 saturated carbocycles. The van der Waals surface area contributed by atoms with E-state index in [4.69, 9.17) is 4.98 Å². The van der Waals surface area contributed by atoms with Gasteiger partial charge in [-0.05, 0) is 70.1 Å². The summed E-state index contributed by atoms with van der Waals surface area (Å²) in [7, 11) is 0. The van der Waals surface area contributed by atoms with Crippen molar-refractivity contribution in [2.75, 3.05) is 0 Å². The van der Waals surface area contributed by atoms with E-state index in [1.54, 1.807) is 0 Å². The largest absolute Gasteiger partial charge is 0.298 e. The molecule has 0 unspecified atom stereocenters. The number of fused-ring (bicyclic) bond motifs is 9. The highest BCUT2D eigenvalue weighted by Gasteiger charge is 2.16. The summed E-state index contributed by atoms with van der Waals surface area (Å²) >= 11 is 0. The number of aromatic nitrogens is 2. The highest BCUT2D eigenvalue weighted by Crippen LogP contribution is 2.37. The highest BCUT2D eigenvalue weighted by atomic mass is 15.0. The predicted octanol–water partition coefficient (Wildman–Crippen LogP) is 8.23. The van der Waals surface area contributed by atoms with Crippen LogP contribution in [0.2, 0.25) is 0 Å². The lowest BCUT2D eigenvalue weighted by Gasteiger charge is -2.12. The summed E-state index contributed by atoms with van der Waals surface area (Å²) < 4.78 is 2.29. The summed E-state index contributed by atoms with van der Waals surface area (Å²) in [6, 6.07) is 32.9. The average Bonchev–Trinajstić information content (AvgIpc) is 3.27. The molecule has 0 fully saturated rings. The van der Waals surface area contributed by atoms with Crippen LogP contribution in [-0.4, -0.2) is 9.38 Å². The van der Waals surface area contributed by atoms with Gasteiger partial charge in [0.05, 0.1) is 11.2 Å². The maximum atomic E-state index is 5.18. The Kier molecular flexibility index (Phi) is 3.72. The Morgan fingerprint density at radius 1 is 0.606 bits per heavy atom. The fourth-order valence-corrected chi connectivity index (χ4v) is 5.48. The fraction of sp³-hybridized carbons (Fsp3) is 0.0645. The number of hydrogen-bond acceptors (Lipinski definition) is 1. The summed E-state index contributed by atoms with van der Waals surface area (Å²) in [5.41, 5.74) is 6.97. The van der Waals surface area contributed by atoms with Crippen molar-refractivity contribution in [3.05, 3.63) is 108 Å². The van der Waals surface area contributed by atoms with Gasteiger partial charge in [-0.25, -0.2) is 4.98 Å². The molecule has 2 nitrogen and oxygen atoms in total. The van der Waals surface area contributed by atoms with Crippen LogP contribution in [0.5, 0.6) is 0 Å². The Morgan fingerprint density at radius 3 is 2.09 bits per heavy atom. The summed E-state index contributed by atoms with van der Waals surface area (Å²) in [6.07, 6.45) is 2.21. The molecule has 0 aliphatic rings. The normalized spacial score (nSPS) is 11.9. The summed E-state index contributed by atoms with van der Waals surface area (Å²) in [4.78, 5) is 5.18. The number of aryl methyl sites for hydroxylation is 2.